The summed E-state index contributed by atoms with van der Waals surface area (Å²) in [5.41, 5.74) is 1.77. The van der Waals surface area contributed by atoms with Gasteiger partial charge in [0.2, 0.25) is 5.91 Å². The summed E-state index contributed by atoms with van der Waals surface area (Å²) in [6.45, 7) is 2.48. The quantitative estimate of drug-likeness (QED) is 0.938. The molecule has 2 atom stereocenters. The minimum absolute atomic E-state index is 0.0126. The van der Waals surface area contributed by atoms with Crippen LogP contribution in [0.5, 0.6) is 0 Å². The van der Waals surface area contributed by atoms with Crippen LogP contribution in [0.25, 0.3) is 11.3 Å². The first-order chi connectivity index (χ1) is 9.61. The Bertz CT molecular complexity index is 621. The summed E-state index contributed by atoms with van der Waals surface area (Å²) >= 11 is 1.42. The van der Waals surface area contributed by atoms with Crippen LogP contribution < -0.4 is 5.32 Å². The molecule has 0 aliphatic carbocycles. The molecule has 106 valence electrons. The predicted octanol–water partition coefficient (Wildman–Crippen LogP) is 1.91. The Kier molecular flexibility index (Phi) is 3.54. The monoisotopic (exact) mass is 292 g/mol. The van der Waals surface area contributed by atoms with Crippen molar-refractivity contribution in [2.45, 2.75) is 19.4 Å². The fourth-order valence-electron chi connectivity index (χ4n) is 2.22. The summed E-state index contributed by atoms with van der Waals surface area (Å²) < 4.78 is 7.14. The number of amides is 1. The van der Waals surface area contributed by atoms with Gasteiger partial charge >= 0.3 is 0 Å². The molecule has 2 aromatic heterocycles. The SMILES string of the molecule is CC1CC(C(=O)Nc2nc(-c3cnn(C)c3)cs2)CO1. The zero-order chi connectivity index (χ0) is 14.1. The molecule has 2 unspecified atom stereocenters. The van der Waals surface area contributed by atoms with Crippen molar-refractivity contribution in [3.05, 3.63) is 17.8 Å². The predicted molar refractivity (Wildman–Crippen MR) is 76.5 cm³/mol. The van der Waals surface area contributed by atoms with Crippen LogP contribution in [0.15, 0.2) is 17.8 Å². The molecule has 1 aliphatic rings. The van der Waals surface area contributed by atoms with E-state index in [9.17, 15) is 4.79 Å². The van der Waals surface area contributed by atoms with Gasteiger partial charge in [0, 0.05) is 24.2 Å². The highest BCUT2D eigenvalue weighted by Crippen LogP contribution is 2.26. The molecule has 2 aromatic rings. The number of aryl methyl sites for hydroxylation is 1. The lowest BCUT2D eigenvalue weighted by molar-refractivity contribution is -0.119. The highest BCUT2D eigenvalue weighted by Gasteiger charge is 2.28. The van der Waals surface area contributed by atoms with Crippen molar-refractivity contribution in [2.24, 2.45) is 13.0 Å². The molecule has 3 rings (SSSR count). The molecule has 0 aromatic carbocycles. The van der Waals surface area contributed by atoms with E-state index < -0.39 is 0 Å². The van der Waals surface area contributed by atoms with Gasteiger partial charge in [-0.25, -0.2) is 4.98 Å². The number of carbonyl (C=O) groups excluding carboxylic acids is 1. The largest absolute Gasteiger partial charge is 0.378 e. The van der Waals surface area contributed by atoms with Crippen LogP contribution in [-0.4, -0.2) is 33.4 Å². The Balaban J connectivity index is 1.67. The number of nitrogens with zero attached hydrogens (tertiary/aromatic N) is 3. The van der Waals surface area contributed by atoms with Crippen molar-refractivity contribution in [3.8, 4) is 11.3 Å². The molecule has 3 heterocycles. The van der Waals surface area contributed by atoms with Crippen molar-refractivity contribution in [1.82, 2.24) is 14.8 Å². The molecule has 1 aliphatic heterocycles. The van der Waals surface area contributed by atoms with Gasteiger partial charge in [-0.2, -0.15) is 5.10 Å². The van der Waals surface area contributed by atoms with Crippen molar-refractivity contribution in [1.29, 1.82) is 0 Å². The van der Waals surface area contributed by atoms with E-state index in [4.69, 9.17) is 4.74 Å². The third-order valence-corrected chi connectivity index (χ3v) is 4.06. The first-order valence-corrected chi connectivity index (χ1v) is 7.37. The van der Waals surface area contributed by atoms with E-state index in [1.54, 1.807) is 10.9 Å². The van der Waals surface area contributed by atoms with E-state index in [1.807, 2.05) is 25.5 Å². The normalized spacial score (nSPS) is 22.1. The summed E-state index contributed by atoms with van der Waals surface area (Å²) in [5, 5.41) is 9.51. The molecular weight excluding hydrogens is 276 g/mol. The maximum Gasteiger partial charge on any atom is 0.231 e. The molecule has 20 heavy (non-hydrogen) atoms. The lowest BCUT2D eigenvalue weighted by atomic mass is 10.1. The fraction of sp³-hybridized carbons (Fsp3) is 0.462. The minimum Gasteiger partial charge on any atom is -0.378 e. The van der Waals surface area contributed by atoms with Crippen molar-refractivity contribution < 1.29 is 9.53 Å². The number of ether oxygens (including phenoxy) is 1. The maximum absolute atomic E-state index is 12.1. The van der Waals surface area contributed by atoms with Crippen LogP contribution in [0.4, 0.5) is 5.13 Å². The molecule has 0 radical (unpaired) electrons. The van der Waals surface area contributed by atoms with Crippen LogP contribution in [0.3, 0.4) is 0 Å². The molecule has 7 heteroatoms. The number of anilines is 1. The first kappa shape index (κ1) is 13.3. The Morgan fingerprint density at radius 2 is 2.45 bits per heavy atom. The minimum atomic E-state index is -0.0734. The number of aromatic nitrogens is 3. The standard InChI is InChI=1S/C13H16N4O2S/c1-8-3-9(6-19-8)12(18)16-13-15-11(7-20-13)10-4-14-17(2)5-10/h4-5,7-9H,3,6H2,1-2H3,(H,15,16,18). The Morgan fingerprint density at radius 3 is 3.10 bits per heavy atom. The zero-order valence-corrected chi connectivity index (χ0v) is 12.2. The third kappa shape index (κ3) is 2.73. The van der Waals surface area contributed by atoms with Crippen LogP contribution in [0.2, 0.25) is 0 Å². The fourth-order valence-corrected chi connectivity index (χ4v) is 2.95. The first-order valence-electron chi connectivity index (χ1n) is 6.49. The van der Waals surface area contributed by atoms with Crippen LogP contribution in [0.1, 0.15) is 13.3 Å². The van der Waals surface area contributed by atoms with E-state index >= 15 is 0 Å². The second-order valence-electron chi connectivity index (χ2n) is 5.01. The summed E-state index contributed by atoms with van der Waals surface area (Å²) in [5.74, 6) is -0.0859. The molecule has 0 spiro atoms. The molecule has 6 nitrogen and oxygen atoms in total. The number of nitrogens with one attached hydrogen (secondary N) is 1. The van der Waals surface area contributed by atoms with Gasteiger partial charge in [-0.3, -0.25) is 9.48 Å². The molecule has 1 N–H and O–H groups in total. The topological polar surface area (TPSA) is 69.0 Å². The van der Waals surface area contributed by atoms with Crippen molar-refractivity contribution in [2.75, 3.05) is 11.9 Å². The second-order valence-corrected chi connectivity index (χ2v) is 5.86. The van der Waals surface area contributed by atoms with Crippen molar-refractivity contribution >= 4 is 22.4 Å². The average molecular weight is 292 g/mol. The van der Waals surface area contributed by atoms with E-state index in [2.05, 4.69) is 15.4 Å². The maximum atomic E-state index is 12.1. The van der Waals surface area contributed by atoms with Gasteiger partial charge in [0.1, 0.15) is 0 Å². The number of rotatable bonds is 3. The molecule has 1 fully saturated rings. The third-order valence-electron chi connectivity index (χ3n) is 3.30. The van der Waals surface area contributed by atoms with Gasteiger partial charge in [-0.05, 0) is 13.3 Å². The summed E-state index contributed by atoms with van der Waals surface area (Å²) in [7, 11) is 1.86. The van der Waals surface area contributed by atoms with Gasteiger partial charge in [-0.15, -0.1) is 11.3 Å². The number of thiazole rings is 1. The molecule has 0 bridgehead atoms. The Morgan fingerprint density at radius 1 is 1.60 bits per heavy atom. The van der Waals surface area contributed by atoms with Crippen LogP contribution in [-0.2, 0) is 16.6 Å². The second kappa shape index (κ2) is 5.34. The highest BCUT2D eigenvalue weighted by atomic mass is 32.1. The highest BCUT2D eigenvalue weighted by molar-refractivity contribution is 7.14. The van der Waals surface area contributed by atoms with Gasteiger partial charge in [0.25, 0.3) is 0 Å². The molecular formula is C13H16N4O2S. The molecule has 0 saturated carbocycles. The van der Waals surface area contributed by atoms with Crippen molar-refractivity contribution in [3.63, 3.8) is 0 Å². The lowest BCUT2D eigenvalue weighted by Crippen LogP contribution is -2.22. The smallest absolute Gasteiger partial charge is 0.231 e. The summed E-state index contributed by atoms with van der Waals surface area (Å²) in [6, 6.07) is 0. The zero-order valence-electron chi connectivity index (χ0n) is 11.4. The van der Waals surface area contributed by atoms with Gasteiger partial charge in [0.15, 0.2) is 5.13 Å². The van der Waals surface area contributed by atoms with Gasteiger partial charge < -0.3 is 10.1 Å². The van der Waals surface area contributed by atoms with Crippen LogP contribution in [0, 0.1) is 5.92 Å². The van der Waals surface area contributed by atoms with Gasteiger partial charge in [-0.1, -0.05) is 0 Å². The van der Waals surface area contributed by atoms with Gasteiger partial charge in [0.05, 0.1) is 30.5 Å². The van der Waals surface area contributed by atoms with E-state index in [1.165, 1.54) is 11.3 Å². The average Bonchev–Trinajstić information content (AvgIpc) is 3.10. The number of hydrogen-bond donors (Lipinski definition) is 1. The lowest BCUT2D eigenvalue weighted by Gasteiger charge is -2.06. The Hall–Kier alpha value is -1.73. The molecule has 1 amide bonds. The number of hydrogen-bond acceptors (Lipinski definition) is 5. The number of carbonyl (C=O) groups is 1. The molecule has 1 saturated heterocycles. The Labute approximate surface area is 120 Å². The summed E-state index contributed by atoms with van der Waals surface area (Å²) in [4.78, 5) is 16.5. The van der Waals surface area contributed by atoms with E-state index in [0.717, 1.165) is 17.7 Å². The van der Waals surface area contributed by atoms with Crippen LogP contribution >= 0.6 is 11.3 Å². The van der Waals surface area contributed by atoms with E-state index in [0.29, 0.717) is 11.7 Å². The summed E-state index contributed by atoms with van der Waals surface area (Å²) in [6.07, 6.45) is 4.58. The van der Waals surface area contributed by atoms with E-state index in [-0.39, 0.29) is 17.9 Å².